The highest BCUT2D eigenvalue weighted by molar-refractivity contribution is 5.88. The summed E-state index contributed by atoms with van der Waals surface area (Å²) in [6, 6.07) is 5.04. The van der Waals surface area contributed by atoms with Gasteiger partial charge in [-0.2, -0.15) is 4.98 Å². The van der Waals surface area contributed by atoms with Gasteiger partial charge in [0.25, 0.3) is 0 Å². The van der Waals surface area contributed by atoms with Gasteiger partial charge in [0.05, 0.1) is 17.7 Å². The summed E-state index contributed by atoms with van der Waals surface area (Å²) >= 11 is 0. The summed E-state index contributed by atoms with van der Waals surface area (Å²) in [4.78, 5) is 30.8. The summed E-state index contributed by atoms with van der Waals surface area (Å²) in [5, 5.41) is 6.96. The Kier molecular flexibility index (Phi) is 3.68. The Hall–Kier alpha value is -3.23. The minimum atomic E-state index is -0.346. The topological polar surface area (TPSA) is 105 Å². The van der Waals surface area contributed by atoms with Gasteiger partial charge in [-0.15, -0.1) is 5.10 Å². The molecule has 0 unspecified atom stereocenters. The standard InChI is InChI=1S/C16H18N8O/c1-10-20-15(22-23(10)2)21-16(25)24-8-6-11-13(19-9-18-11)14(24)12-5-3-4-7-17-12/h3-5,7,9,14H,6,8H2,1-2H3,(H,18,19)(H,21,22,25)/t14-/m1/s1. The van der Waals surface area contributed by atoms with Crippen molar-refractivity contribution in [2.75, 3.05) is 11.9 Å². The van der Waals surface area contributed by atoms with Gasteiger partial charge in [0.1, 0.15) is 11.9 Å². The number of hydrogen-bond donors (Lipinski definition) is 2. The van der Waals surface area contributed by atoms with Gasteiger partial charge in [-0.3, -0.25) is 15.0 Å². The van der Waals surface area contributed by atoms with Crippen LogP contribution in [0.2, 0.25) is 0 Å². The molecule has 1 atom stereocenters. The molecular weight excluding hydrogens is 320 g/mol. The largest absolute Gasteiger partial charge is 0.348 e. The number of urea groups is 1. The molecule has 0 aromatic carbocycles. The second kappa shape index (κ2) is 6.00. The lowest BCUT2D eigenvalue weighted by Gasteiger charge is -2.34. The summed E-state index contributed by atoms with van der Waals surface area (Å²) in [5.41, 5.74) is 2.63. The normalized spacial score (nSPS) is 16.6. The highest BCUT2D eigenvalue weighted by Gasteiger charge is 2.35. The number of nitrogens with zero attached hydrogens (tertiary/aromatic N) is 6. The fourth-order valence-corrected chi connectivity index (χ4v) is 3.02. The van der Waals surface area contributed by atoms with E-state index in [0.717, 1.165) is 22.9 Å². The molecule has 1 aliphatic heterocycles. The van der Waals surface area contributed by atoms with Gasteiger partial charge < -0.3 is 9.88 Å². The predicted octanol–water partition coefficient (Wildman–Crippen LogP) is 1.42. The number of anilines is 1. The van der Waals surface area contributed by atoms with E-state index < -0.39 is 0 Å². The van der Waals surface area contributed by atoms with E-state index in [1.165, 1.54) is 0 Å². The van der Waals surface area contributed by atoms with Crippen LogP contribution in [0.15, 0.2) is 30.7 Å². The number of hydrogen-bond acceptors (Lipinski definition) is 5. The molecule has 3 aromatic rings. The first-order valence-corrected chi connectivity index (χ1v) is 8.02. The SMILES string of the molecule is Cc1nc(NC(=O)N2CCc3[nH]cnc3[C@H]2c2ccccn2)nn1C. The average molecular weight is 338 g/mol. The molecule has 9 nitrogen and oxygen atoms in total. The van der Waals surface area contributed by atoms with Crippen LogP contribution in [0.5, 0.6) is 0 Å². The van der Waals surface area contributed by atoms with Crippen molar-refractivity contribution in [3.63, 3.8) is 0 Å². The molecule has 2 N–H and O–H groups in total. The minimum Gasteiger partial charge on any atom is -0.348 e. The van der Waals surface area contributed by atoms with Crippen LogP contribution in [0, 0.1) is 6.92 Å². The second-order valence-corrected chi connectivity index (χ2v) is 5.90. The van der Waals surface area contributed by atoms with Crippen molar-refractivity contribution in [3.05, 3.63) is 53.6 Å². The molecular formula is C16H18N8O. The smallest absolute Gasteiger partial charge is 0.325 e. The number of aromatic amines is 1. The van der Waals surface area contributed by atoms with Gasteiger partial charge >= 0.3 is 6.03 Å². The van der Waals surface area contributed by atoms with Crippen molar-refractivity contribution in [3.8, 4) is 0 Å². The predicted molar refractivity (Wildman–Crippen MR) is 89.8 cm³/mol. The highest BCUT2D eigenvalue weighted by Crippen LogP contribution is 2.32. The molecule has 0 bridgehead atoms. The Bertz CT molecular complexity index is 881. The molecule has 3 aromatic heterocycles. The average Bonchev–Trinajstić information content (AvgIpc) is 3.21. The van der Waals surface area contributed by atoms with Crippen LogP contribution in [0.3, 0.4) is 0 Å². The van der Waals surface area contributed by atoms with Crippen molar-refractivity contribution < 1.29 is 4.79 Å². The number of rotatable bonds is 2. The third kappa shape index (κ3) is 2.73. The van der Waals surface area contributed by atoms with E-state index >= 15 is 0 Å². The summed E-state index contributed by atoms with van der Waals surface area (Å²) in [5.74, 6) is 1.02. The highest BCUT2D eigenvalue weighted by atomic mass is 16.2. The van der Waals surface area contributed by atoms with Gasteiger partial charge in [0.2, 0.25) is 5.95 Å². The fourth-order valence-electron chi connectivity index (χ4n) is 3.02. The maximum absolute atomic E-state index is 12.9. The van der Waals surface area contributed by atoms with E-state index in [1.54, 1.807) is 29.2 Å². The first-order valence-electron chi connectivity index (χ1n) is 8.02. The van der Waals surface area contributed by atoms with Crippen molar-refractivity contribution in [1.29, 1.82) is 0 Å². The minimum absolute atomic E-state index is 0.269. The Morgan fingerprint density at radius 1 is 1.36 bits per heavy atom. The van der Waals surface area contributed by atoms with Crippen LogP contribution in [0.4, 0.5) is 10.7 Å². The van der Waals surface area contributed by atoms with Crippen LogP contribution < -0.4 is 5.32 Å². The zero-order valence-corrected chi connectivity index (χ0v) is 14.0. The molecule has 1 aliphatic rings. The van der Waals surface area contributed by atoms with Crippen LogP contribution in [0.1, 0.15) is 28.9 Å². The molecule has 0 spiro atoms. The molecule has 2 amide bonds. The number of aromatic nitrogens is 6. The Balaban J connectivity index is 1.66. The van der Waals surface area contributed by atoms with Gasteiger partial charge in [0, 0.05) is 31.9 Å². The molecule has 25 heavy (non-hydrogen) atoms. The number of amides is 2. The fraction of sp³-hybridized carbons (Fsp3) is 0.312. The molecule has 0 saturated carbocycles. The first-order chi connectivity index (χ1) is 12.1. The number of carbonyl (C=O) groups excluding carboxylic acids is 1. The van der Waals surface area contributed by atoms with E-state index in [-0.39, 0.29) is 18.0 Å². The molecule has 9 heteroatoms. The van der Waals surface area contributed by atoms with Crippen LogP contribution in [-0.4, -0.2) is 47.2 Å². The number of pyridine rings is 1. The molecule has 4 heterocycles. The van der Waals surface area contributed by atoms with Crippen LogP contribution >= 0.6 is 0 Å². The summed E-state index contributed by atoms with van der Waals surface area (Å²) < 4.78 is 1.62. The molecule has 0 radical (unpaired) electrons. The van der Waals surface area contributed by atoms with E-state index in [1.807, 2.05) is 25.1 Å². The van der Waals surface area contributed by atoms with Gasteiger partial charge in [-0.05, 0) is 19.1 Å². The Labute approximate surface area is 144 Å². The zero-order valence-electron chi connectivity index (χ0n) is 14.0. The molecule has 0 aliphatic carbocycles. The van der Waals surface area contributed by atoms with E-state index in [2.05, 4.69) is 30.4 Å². The summed E-state index contributed by atoms with van der Waals surface area (Å²) in [6.45, 7) is 2.38. The molecule has 128 valence electrons. The lowest BCUT2D eigenvalue weighted by molar-refractivity contribution is 0.191. The quantitative estimate of drug-likeness (QED) is 0.735. The monoisotopic (exact) mass is 338 g/mol. The third-order valence-electron chi connectivity index (χ3n) is 4.35. The zero-order chi connectivity index (χ0) is 17.4. The van der Waals surface area contributed by atoms with Crippen molar-refractivity contribution in [2.24, 2.45) is 7.05 Å². The molecule has 4 rings (SSSR count). The van der Waals surface area contributed by atoms with E-state index in [4.69, 9.17) is 0 Å². The second-order valence-electron chi connectivity index (χ2n) is 5.90. The third-order valence-corrected chi connectivity index (χ3v) is 4.35. The maximum atomic E-state index is 12.9. The number of aryl methyl sites for hydroxylation is 2. The first kappa shape index (κ1) is 15.3. The number of imidazole rings is 1. The number of nitrogens with one attached hydrogen (secondary N) is 2. The van der Waals surface area contributed by atoms with Crippen molar-refractivity contribution >= 4 is 12.0 Å². The number of carbonyl (C=O) groups is 1. The summed E-state index contributed by atoms with van der Waals surface area (Å²) in [7, 11) is 1.78. The maximum Gasteiger partial charge on any atom is 0.325 e. The van der Waals surface area contributed by atoms with Gasteiger partial charge in [-0.25, -0.2) is 9.78 Å². The van der Waals surface area contributed by atoms with Crippen molar-refractivity contribution in [2.45, 2.75) is 19.4 Å². The Morgan fingerprint density at radius 2 is 2.24 bits per heavy atom. The molecule has 0 fully saturated rings. The number of H-pyrrole nitrogens is 1. The van der Waals surface area contributed by atoms with Gasteiger partial charge in [0.15, 0.2) is 0 Å². The van der Waals surface area contributed by atoms with E-state index in [9.17, 15) is 4.79 Å². The van der Waals surface area contributed by atoms with Crippen molar-refractivity contribution in [1.82, 2.24) is 34.6 Å². The van der Waals surface area contributed by atoms with Gasteiger partial charge in [-0.1, -0.05) is 6.07 Å². The number of fused-ring (bicyclic) bond motifs is 1. The summed E-state index contributed by atoms with van der Waals surface area (Å²) in [6.07, 6.45) is 4.09. The van der Waals surface area contributed by atoms with E-state index in [0.29, 0.717) is 13.0 Å². The lowest BCUT2D eigenvalue weighted by Crippen LogP contribution is -2.43. The lowest BCUT2D eigenvalue weighted by atomic mass is 10.00. The van der Waals surface area contributed by atoms with Crippen LogP contribution in [-0.2, 0) is 13.5 Å². The van der Waals surface area contributed by atoms with Crippen LogP contribution in [0.25, 0.3) is 0 Å². The Morgan fingerprint density at radius 3 is 2.96 bits per heavy atom. The molecule has 0 saturated heterocycles.